The highest BCUT2D eigenvalue weighted by Crippen LogP contribution is 2.27. The van der Waals surface area contributed by atoms with Crippen LogP contribution in [0.25, 0.3) is 0 Å². The lowest BCUT2D eigenvalue weighted by atomic mass is 10.1. The Morgan fingerprint density at radius 1 is 1.64 bits per heavy atom. The Morgan fingerprint density at radius 3 is 2.79 bits per heavy atom. The molecule has 76 valence electrons. The summed E-state index contributed by atoms with van der Waals surface area (Å²) in [6.45, 7) is -0.250. The van der Waals surface area contributed by atoms with E-state index in [1.165, 1.54) is 13.2 Å². The van der Waals surface area contributed by atoms with E-state index in [0.29, 0.717) is 0 Å². The summed E-state index contributed by atoms with van der Waals surface area (Å²) in [5.41, 5.74) is 4.99. The highest BCUT2D eigenvalue weighted by molar-refractivity contribution is 6.32. The summed E-state index contributed by atoms with van der Waals surface area (Å²) in [4.78, 5) is 11.1. The molecule has 1 aromatic carbocycles. The molecule has 0 unspecified atom stereocenters. The lowest BCUT2D eigenvalue weighted by molar-refractivity contribution is 0.0997. The lowest BCUT2D eigenvalue weighted by Crippen LogP contribution is -2.15. The fourth-order valence-corrected chi connectivity index (χ4v) is 1.25. The number of rotatable bonds is 3. The molecule has 0 heterocycles. The summed E-state index contributed by atoms with van der Waals surface area (Å²) in [6.07, 6.45) is 0. The molecule has 2 N–H and O–H groups in total. The number of hydrogen-bond acceptors (Lipinski definition) is 3. The zero-order valence-corrected chi connectivity index (χ0v) is 8.27. The van der Waals surface area contributed by atoms with Gasteiger partial charge in [0, 0.05) is 6.07 Å². The van der Waals surface area contributed by atoms with Crippen LogP contribution in [0.4, 0.5) is 4.39 Å². The SMILES string of the molecule is COc1cc(F)c(C(=O)CN)cc1Cl. The molecular weight excluding hydrogens is 209 g/mol. The second-order valence-corrected chi connectivity index (χ2v) is 3.00. The molecule has 1 rings (SSSR count). The van der Waals surface area contributed by atoms with E-state index in [2.05, 4.69) is 0 Å². The van der Waals surface area contributed by atoms with Gasteiger partial charge in [-0.2, -0.15) is 0 Å². The van der Waals surface area contributed by atoms with Crippen LogP contribution < -0.4 is 10.5 Å². The van der Waals surface area contributed by atoms with Crippen LogP contribution in [-0.4, -0.2) is 19.4 Å². The van der Waals surface area contributed by atoms with E-state index in [9.17, 15) is 9.18 Å². The highest BCUT2D eigenvalue weighted by atomic mass is 35.5. The van der Waals surface area contributed by atoms with Gasteiger partial charge in [0.05, 0.1) is 24.2 Å². The van der Waals surface area contributed by atoms with Crippen LogP contribution in [0.5, 0.6) is 5.75 Å². The molecule has 0 saturated carbocycles. The van der Waals surface area contributed by atoms with Crippen LogP contribution in [0.1, 0.15) is 10.4 Å². The second-order valence-electron chi connectivity index (χ2n) is 2.59. The Morgan fingerprint density at radius 2 is 2.29 bits per heavy atom. The van der Waals surface area contributed by atoms with Gasteiger partial charge in [-0.15, -0.1) is 0 Å². The van der Waals surface area contributed by atoms with E-state index in [-0.39, 0.29) is 22.9 Å². The maximum atomic E-state index is 13.2. The molecule has 0 saturated heterocycles. The molecule has 3 nitrogen and oxygen atoms in total. The van der Waals surface area contributed by atoms with Crippen molar-refractivity contribution in [3.05, 3.63) is 28.5 Å². The van der Waals surface area contributed by atoms with Gasteiger partial charge in [-0.1, -0.05) is 11.6 Å². The Hall–Kier alpha value is -1.13. The minimum Gasteiger partial charge on any atom is -0.495 e. The predicted octanol–water partition coefficient (Wildman–Crippen LogP) is 1.63. The third-order valence-electron chi connectivity index (χ3n) is 1.73. The van der Waals surface area contributed by atoms with Crippen molar-refractivity contribution < 1.29 is 13.9 Å². The van der Waals surface area contributed by atoms with Crippen LogP contribution in [-0.2, 0) is 0 Å². The Bertz CT molecular complexity index is 368. The van der Waals surface area contributed by atoms with Crippen molar-refractivity contribution in [1.82, 2.24) is 0 Å². The number of carbonyl (C=O) groups is 1. The van der Waals surface area contributed by atoms with Crippen molar-refractivity contribution in [1.29, 1.82) is 0 Å². The highest BCUT2D eigenvalue weighted by Gasteiger charge is 2.13. The third-order valence-corrected chi connectivity index (χ3v) is 2.02. The first-order chi connectivity index (χ1) is 6.60. The number of methoxy groups -OCH3 is 1. The largest absolute Gasteiger partial charge is 0.495 e. The average Bonchev–Trinajstić information content (AvgIpc) is 2.19. The Kier molecular flexibility index (Phi) is 3.43. The van der Waals surface area contributed by atoms with Gasteiger partial charge in [0.2, 0.25) is 0 Å². The number of hydrogen-bond donors (Lipinski definition) is 1. The molecule has 0 aliphatic carbocycles. The van der Waals surface area contributed by atoms with E-state index in [1.54, 1.807) is 0 Å². The summed E-state index contributed by atoms with van der Waals surface area (Å²) in [5, 5.41) is 0.186. The van der Waals surface area contributed by atoms with Gasteiger partial charge in [-0.05, 0) is 6.07 Å². The maximum absolute atomic E-state index is 13.2. The first-order valence-electron chi connectivity index (χ1n) is 3.86. The fourth-order valence-electron chi connectivity index (χ4n) is 1.01. The van der Waals surface area contributed by atoms with E-state index in [4.69, 9.17) is 22.1 Å². The summed E-state index contributed by atoms with van der Waals surface area (Å²) in [5.74, 6) is -0.980. The number of ketones is 1. The van der Waals surface area contributed by atoms with Crippen molar-refractivity contribution in [2.45, 2.75) is 0 Å². The molecule has 0 spiro atoms. The normalized spacial score (nSPS) is 10.0. The molecule has 14 heavy (non-hydrogen) atoms. The average molecular weight is 218 g/mol. The predicted molar refractivity (Wildman–Crippen MR) is 51.3 cm³/mol. The zero-order valence-electron chi connectivity index (χ0n) is 7.51. The summed E-state index contributed by atoms with van der Waals surface area (Å²) < 4.78 is 18.0. The molecule has 0 radical (unpaired) electrons. The Balaban J connectivity index is 3.21. The smallest absolute Gasteiger partial charge is 0.179 e. The van der Waals surface area contributed by atoms with Gasteiger partial charge < -0.3 is 10.5 Å². The van der Waals surface area contributed by atoms with Gasteiger partial charge in [-0.3, -0.25) is 4.79 Å². The van der Waals surface area contributed by atoms with Gasteiger partial charge in [0.1, 0.15) is 11.6 Å². The maximum Gasteiger partial charge on any atom is 0.179 e. The molecule has 0 aromatic heterocycles. The molecule has 0 fully saturated rings. The number of nitrogens with two attached hydrogens (primary N) is 1. The van der Waals surface area contributed by atoms with Gasteiger partial charge in [0.15, 0.2) is 5.78 Å². The van der Waals surface area contributed by atoms with Crippen molar-refractivity contribution >= 4 is 17.4 Å². The fraction of sp³-hybridized carbons (Fsp3) is 0.222. The number of carbonyl (C=O) groups excluding carboxylic acids is 1. The van der Waals surface area contributed by atoms with Crippen molar-refractivity contribution in [3.63, 3.8) is 0 Å². The van der Waals surface area contributed by atoms with E-state index in [0.717, 1.165) is 6.07 Å². The van der Waals surface area contributed by atoms with Crippen LogP contribution in [0.15, 0.2) is 12.1 Å². The van der Waals surface area contributed by atoms with E-state index in [1.807, 2.05) is 0 Å². The number of halogens is 2. The monoisotopic (exact) mass is 217 g/mol. The number of Topliss-reactive ketones (excluding diaryl/α,β-unsaturated/α-hetero) is 1. The van der Waals surface area contributed by atoms with Crippen molar-refractivity contribution in [2.75, 3.05) is 13.7 Å². The second kappa shape index (κ2) is 4.39. The van der Waals surface area contributed by atoms with Crippen LogP contribution in [0, 0.1) is 5.82 Å². The van der Waals surface area contributed by atoms with Gasteiger partial charge >= 0.3 is 0 Å². The van der Waals surface area contributed by atoms with Gasteiger partial charge in [0.25, 0.3) is 0 Å². The molecular formula is C9H9ClFNO2. The third kappa shape index (κ3) is 2.02. The van der Waals surface area contributed by atoms with Crippen molar-refractivity contribution in [3.8, 4) is 5.75 Å². The molecule has 0 bridgehead atoms. The quantitative estimate of drug-likeness (QED) is 0.783. The summed E-state index contributed by atoms with van der Waals surface area (Å²) >= 11 is 5.72. The minimum atomic E-state index is -0.679. The topological polar surface area (TPSA) is 52.3 Å². The van der Waals surface area contributed by atoms with Crippen molar-refractivity contribution in [2.24, 2.45) is 5.73 Å². The first-order valence-corrected chi connectivity index (χ1v) is 4.24. The molecule has 0 aliphatic heterocycles. The minimum absolute atomic E-state index is 0.113. The standard InChI is InChI=1S/C9H9ClFNO2/c1-14-9-3-7(11)5(2-6(9)10)8(13)4-12/h2-3H,4,12H2,1H3. The van der Waals surface area contributed by atoms with Crippen LogP contribution in [0.2, 0.25) is 5.02 Å². The zero-order chi connectivity index (χ0) is 10.7. The van der Waals surface area contributed by atoms with Crippen LogP contribution in [0.3, 0.4) is 0 Å². The lowest BCUT2D eigenvalue weighted by Gasteiger charge is -2.06. The van der Waals surface area contributed by atoms with E-state index >= 15 is 0 Å². The number of ether oxygens (including phenoxy) is 1. The number of benzene rings is 1. The van der Waals surface area contributed by atoms with Crippen LogP contribution >= 0.6 is 11.6 Å². The summed E-state index contributed by atoms with van der Waals surface area (Å²) in [7, 11) is 1.37. The molecule has 0 amide bonds. The molecule has 1 aromatic rings. The van der Waals surface area contributed by atoms with Gasteiger partial charge in [-0.25, -0.2) is 4.39 Å². The molecule has 5 heteroatoms. The Labute approximate surface area is 85.6 Å². The summed E-state index contributed by atoms with van der Waals surface area (Å²) in [6, 6.07) is 2.27. The molecule has 0 atom stereocenters. The first kappa shape index (κ1) is 10.9. The van der Waals surface area contributed by atoms with E-state index < -0.39 is 11.6 Å². The molecule has 0 aliphatic rings.